The second kappa shape index (κ2) is 14.8. The summed E-state index contributed by atoms with van der Waals surface area (Å²) < 4.78 is 22.7. The maximum atomic E-state index is 11.3. The summed E-state index contributed by atoms with van der Waals surface area (Å²) in [5.41, 5.74) is 0. The van der Waals surface area contributed by atoms with Crippen LogP contribution >= 0.6 is 0 Å². The summed E-state index contributed by atoms with van der Waals surface area (Å²) in [7, 11) is -3.06. The zero-order chi connectivity index (χ0) is 15.8. The third kappa shape index (κ3) is 16.1. The molecule has 0 radical (unpaired) electrons. The van der Waals surface area contributed by atoms with E-state index in [-0.39, 0.29) is 18.1 Å². The van der Waals surface area contributed by atoms with Gasteiger partial charge in [-0.15, -0.1) is 0 Å². The van der Waals surface area contributed by atoms with Crippen LogP contribution in [0.4, 0.5) is 0 Å². The number of sulfone groups is 1. The van der Waals surface area contributed by atoms with E-state index in [1.54, 1.807) is 0 Å². The highest BCUT2D eigenvalue weighted by Crippen LogP contribution is 2.10. The number of nitrogens with one attached hydrogen (secondary N) is 1. The van der Waals surface area contributed by atoms with Crippen LogP contribution in [-0.4, -0.2) is 44.7 Å². The zero-order valence-corrected chi connectivity index (χ0v) is 14.6. The molecule has 0 atom stereocenters. The molecule has 0 heterocycles. The molecular formula is C16H35NO3S. The largest absolute Gasteiger partial charge is 0.395 e. The van der Waals surface area contributed by atoms with Crippen LogP contribution in [0.15, 0.2) is 0 Å². The maximum absolute atomic E-state index is 11.3. The predicted molar refractivity (Wildman–Crippen MR) is 90.5 cm³/mol. The average Bonchev–Trinajstić information content (AvgIpc) is 2.44. The van der Waals surface area contributed by atoms with E-state index >= 15 is 0 Å². The molecule has 0 unspecified atom stereocenters. The number of rotatable bonds is 16. The number of aliphatic hydroxyl groups is 1. The molecule has 128 valence electrons. The van der Waals surface area contributed by atoms with Gasteiger partial charge in [-0.2, -0.15) is 0 Å². The van der Waals surface area contributed by atoms with Crippen molar-refractivity contribution in [2.75, 3.05) is 31.2 Å². The molecular weight excluding hydrogens is 286 g/mol. The number of unbranched alkanes of at least 4 members (excludes halogenated alkanes) is 9. The maximum Gasteiger partial charge on any atom is 0.153 e. The standard InChI is InChI=1S/C16H35NO3S/c1-2-3-4-5-6-7-8-9-10-11-12-17-13-15-21(19,20)16-14-18/h17-18H,2-16H2,1H3. The Kier molecular flexibility index (Phi) is 14.7. The van der Waals surface area contributed by atoms with Crippen LogP contribution in [0.25, 0.3) is 0 Å². The van der Waals surface area contributed by atoms with E-state index in [1.165, 1.54) is 57.8 Å². The first-order valence-electron chi connectivity index (χ1n) is 8.64. The quantitative estimate of drug-likeness (QED) is 0.429. The molecule has 4 nitrogen and oxygen atoms in total. The lowest BCUT2D eigenvalue weighted by Gasteiger charge is -2.05. The predicted octanol–water partition coefficient (Wildman–Crippen LogP) is 2.90. The highest BCUT2D eigenvalue weighted by Gasteiger charge is 2.08. The van der Waals surface area contributed by atoms with Gasteiger partial charge in [0.05, 0.1) is 18.1 Å². The molecule has 0 fully saturated rings. The van der Waals surface area contributed by atoms with Crippen molar-refractivity contribution in [1.29, 1.82) is 0 Å². The van der Waals surface area contributed by atoms with E-state index in [0.717, 1.165) is 13.0 Å². The van der Waals surface area contributed by atoms with Gasteiger partial charge in [-0.25, -0.2) is 8.42 Å². The van der Waals surface area contributed by atoms with Crippen molar-refractivity contribution in [3.63, 3.8) is 0 Å². The van der Waals surface area contributed by atoms with E-state index < -0.39 is 9.84 Å². The topological polar surface area (TPSA) is 66.4 Å². The molecule has 0 aliphatic heterocycles. The Balaban J connectivity index is 3.16. The third-order valence-electron chi connectivity index (χ3n) is 3.70. The Hall–Kier alpha value is -0.130. The Morgan fingerprint density at radius 3 is 1.81 bits per heavy atom. The van der Waals surface area contributed by atoms with Gasteiger partial charge in [-0.1, -0.05) is 64.7 Å². The van der Waals surface area contributed by atoms with Crippen LogP contribution in [0.5, 0.6) is 0 Å². The van der Waals surface area contributed by atoms with Crippen molar-refractivity contribution in [2.24, 2.45) is 0 Å². The van der Waals surface area contributed by atoms with Crippen LogP contribution in [0.1, 0.15) is 71.1 Å². The molecule has 5 heteroatoms. The molecule has 0 saturated heterocycles. The lowest BCUT2D eigenvalue weighted by Crippen LogP contribution is -2.26. The summed E-state index contributed by atoms with van der Waals surface area (Å²) in [5, 5.41) is 11.8. The van der Waals surface area contributed by atoms with Crippen molar-refractivity contribution in [3.05, 3.63) is 0 Å². The Morgan fingerprint density at radius 1 is 0.762 bits per heavy atom. The fourth-order valence-electron chi connectivity index (χ4n) is 2.33. The van der Waals surface area contributed by atoms with Crippen molar-refractivity contribution < 1.29 is 13.5 Å². The van der Waals surface area contributed by atoms with Gasteiger partial charge < -0.3 is 10.4 Å². The molecule has 0 bridgehead atoms. The minimum absolute atomic E-state index is 0.118. The Bertz CT molecular complexity index is 305. The first-order chi connectivity index (χ1) is 10.1. The molecule has 21 heavy (non-hydrogen) atoms. The molecule has 0 aliphatic carbocycles. The van der Waals surface area contributed by atoms with E-state index in [1.807, 2.05) is 0 Å². The van der Waals surface area contributed by atoms with E-state index in [9.17, 15) is 8.42 Å². The first kappa shape index (κ1) is 20.9. The number of hydrogen-bond acceptors (Lipinski definition) is 4. The fourth-order valence-corrected chi connectivity index (χ4v) is 3.27. The van der Waals surface area contributed by atoms with Crippen molar-refractivity contribution in [3.8, 4) is 0 Å². The van der Waals surface area contributed by atoms with Gasteiger partial charge in [0.15, 0.2) is 9.84 Å². The van der Waals surface area contributed by atoms with Crippen molar-refractivity contribution in [1.82, 2.24) is 5.32 Å². The first-order valence-corrected chi connectivity index (χ1v) is 10.5. The van der Waals surface area contributed by atoms with Gasteiger partial charge in [-0.3, -0.25) is 0 Å². The summed E-state index contributed by atoms with van der Waals surface area (Å²) in [6, 6.07) is 0. The molecule has 0 aromatic rings. The average molecular weight is 322 g/mol. The minimum Gasteiger partial charge on any atom is -0.395 e. The molecule has 0 spiro atoms. The van der Waals surface area contributed by atoms with Crippen LogP contribution in [-0.2, 0) is 9.84 Å². The lowest BCUT2D eigenvalue weighted by atomic mass is 10.1. The second-order valence-corrected chi connectivity index (χ2v) is 8.11. The van der Waals surface area contributed by atoms with Crippen LogP contribution < -0.4 is 5.32 Å². The number of hydrogen-bond donors (Lipinski definition) is 2. The minimum atomic E-state index is -3.06. The fraction of sp³-hybridized carbons (Fsp3) is 1.00. The highest BCUT2D eigenvalue weighted by molar-refractivity contribution is 7.91. The van der Waals surface area contributed by atoms with Crippen LogP contribution in [0.2, 0.25) is 0 Å². The number of aliphatic hydroxyl groups excluding tert-OH is 1. The zero-order valence-electron chi connectivity index (χ0n) is 13.8. The normalized spacial score (nSPS) is 11.9. The second-order valence-electron chi connectivity index (χ2n) is 5.81. The molecule has 0 aromatic carbocycles. The van der Waals surface area contributed by atoms with Crippen molar-refractivity contribution in [2.45, 2.75) is 71.1 Å². The van der Waals surface area contributed by atoms with E-state index in [4.69, 9.17) is 5.11 Å². The van der Waals surface area contributed by atoms with Gasteiger partial charge in [0.1, 0.15) is 0 Å². The SMILES string of the molecule is CCCCCCCCCCCCNCCS(=O)(=O)CCO. The van der Waals surface area contributed by atoms with Gasteiger partial charge in [0, 0.05) is 6.54 Å². The van der Waals surface area contributed by atoms with Gasteiger partial charge in [0.25, 0.3) is 0 Å². The smallest absolute Gasteiger partial charge is 0.153 e. The van der Waals surface area contributed by atoms with Gasteiger partial charge in [0.2, 0.25) is 0 Å². The molecule has 0 rings (SSSR count). The third-order valence-corrected chi connectivity index (χ3v) is 5.33. The van der Waals surface area contributed by atoms with E-state index in [2.05, 4.69) is 12.2 Å². The van der Waals surface area contributed by atoms with Gasteiger partial charge in [-0.05, 0) is 13.0 Å². The molecule has 0 aliphatic rings. The van der Waals surface area contributed by atoms with Crippen molar-refractivity contribution >= 4 is 9.84 Å². The van der Waals surface area contributed by atoms with E-state index in [0.29, 0.717) is 6.54 Å². The van der Waals surface area contributed by atoms with Crippen LogP contribution in [0, 0.1) is 0 Å². The van der Waals surface area contributed by atoms with Crippen LogP contribution in [0.3, 0.4) is 0 Å². The molecule has 0 aromatic heterocycles. The molecule has 0 saturated carbocycles. The summed E-state index contributed by atoms with van der Waals surface area (Å²) in [5.74, 6) is 0.0122. The summed E-state index contributed by atoms with van der Waals surface area (Å²) in [4.78, 5) is 0. The summed E-state index contributed by atoms with van der Waals surface area (Å²) in [6.07, 6.45) is 13.2. The molecule has 2 N–H and O–H groups in total. The Labute approximate surface area is 131 Å². The summed E-state index contributed by atoms with van der Waals surface area (Å²) >= 11 is 0. The summed E-state index contributed by atoms with van der Waals surface area (Å²) in [6.45, 7) is 3.36. The Morgan fingerprint density at radius 2 is 1.29 bits per heavy atom. The molecule has 0 amide bonds. The highest BCUT2D eigenvalue weighted by atomic mass is 32.2. The lowest BCUT2D eigenvalue weighted by molar-refractivity contribution is 0.319. The van der Waals surface area contributed by atoms with Gasteiger partial charge >= 0.3 is 0 Å². The monoisotopic (exact) mass is 321 g/mol.